The van der Waals surface area contributed by atoms with Crippen LogP contribution < -0.4 is 5.32 Å². The minimum Gasteiger partial charge on any atom is -0.313 e. The molecule has 1 aromatic heterocycles. The zero-order valence-corrected chi connectivity index (χ0v) is 10.7. The third kappa shape index (κ3) is 2.93. The second-order valence-electron chi connectivity index (χ2n) is 4.40. The van der Waals surface area contributed by atoms with Gasteiger partial charge in [0.25, 0.3) is 0 Å². The molecule has 0 aliphatic heterocycles. The molecule has 1 aromatic carbocycles. The van der Waals surface area contributed by atoms with E-state index in [9.17, 15) is 4.39 Å². The third-order valence-electron chi connectivity index (χ3n) is 3.12. The van der Waals surface area contributed by atoms with Gasteiger partial charge < -0.3 is 5.32 Å². The second kappa shape index (κ2) is 5.74. The predicted molar refractivity (Wildman–Crippen MR) is 70.9 cm³/mol. The molecule has 1 atom stereocenters. The van der Waals surface area contributed by atoms with Crippen molar-refractivity contribution in [3.63, 3.8) is 0 Å². The molecule has 0 radical (unpaired) electrons. The van der Waals surface area contributed by atoms with Gasteiger partial charge in [-0.1, -0.05) is 18.2 Å². The van der Waals surface area contributed by atoms with Gasteiger partial charge in [0.05, 0.1) is 0 Å². The smallest absolute Gasteiger partial charge is 0.126 e. The highest BCUT2D eigenvalue weighted by Gasteiger charge is 2.08. The Labute approximate surface area is 107 Å². The molecular weight excluding hydrogens is 227 g/mol. The van der Waals surface area contributed by atoms with Crippen LogP contribution in [0.15, 0.2) is 42.7 Å². The van der Waals surface area contributed by atoms with Crippen molar-refractivity contribution < 1.29 is 4.39 Å². The maximum atomic E-state index is 13.8. The quantitative estimate of drug-likeness (QED) is 0.894. The number of nitrogens with one attached hydrogen (secondary N) is 1. The largest absolute Gasteiger partial charge is 0.313 e. The molecule has 2 aromatic rings. The minimum atomic E-state index is -0.161. The van der Waals surface area contributed by atoms with E-state index in [2.05, 4.69) is 17.2 Å². The molecule has 2 rings (SSSR count). The summed E-state index contributed by atoms with van der Waals surface area (Å²) >= 11 is 0. The SMILES string of the molecule is CNC(C)c1ccc(F)c(Cc2cccnc2)c1. The number of benzene rings is 1. The highest BCUT2D eigenvalue weighted by Crippen LogP contribution is 2.19. The lowest BCUT2D eigenvalue weighted by Gasteiger charge is -2.12. The maximum Gasteiger partial charge on any atom is 0.126 e. The van der Waals surface area contributed by atoms with Gasteiger partial charge in [-0.15, -0.1) is 0 Å². The van der Waals surface area contributed by atoms with Gasteiger partial charge in [0.15, 0.2) is 0 Å². The van der Waals surface area contributed by atoms with E-state index in [1.165, 1.54) is 6.07 Å². The first-order valence-electron chi connectivity index (χ1n) is 6.05. The van der Waals surface area contributed by atoms with Crippen LogP contribution in [0.5, 0.6) is 0 Å². The van der Waals surface area contributed by atoms with Crippen LogP contribution in [0.25, 0.3) is 0 Å². The summed E-state index contributed by atoms with van der Waals surface area (Å²) in [6.07, 6.45) is 4.07. The van der Waals surface area contributed by atoms with Crippen molar-refractivity contribution in [2.24, 2.45) is 0 Å². The Morgan fingerprint density at radius 2 is 2.17 bits per heavy atom. The second-order valence-corrected chi connectivity index (χ2v) is 4.40. The van der Waals surface area contributed by atoms with Crippen LogP contribution in [0.4, 0.5) is 4.39 Å². The van der Waals surface area contributed by atoms with E-state index in [1.54, 1.807) is 12.4 Å². The van der Waals surface area contributed by atoms with E-state index in [0.29, 0.717) is 12.0 Å². The molecule has 0 aliphatic carbocycles. The molecule has 0 saturated carbocycles. The van der Waals surface area contributed by atoms with Gasteiger partial charge >= 0.3 is 0 Å². The van der Waals surface area contributed by atoms with Crippen LogP contribution >= 0.6 is 0 Å². The molecule has 1 N–H and O–H groups in total. The first kappa shape index (κ1) is 12.7. The molecule has 3 heteroatoms. The van der Waals surface area contributed by atoms with Gasteiger partial charge in [-0.05, 0) is 42.8 Å². The predicted octanol–water partition coefficient (Wildman–Crippen LogP) is 3.09. The molecule has 0 bridgehead atoms. The molecule has 0 amide bonds. The van der Waals surface area contributed by atoms with Crippen molar-refractivity contribution in [1.29, 1.82) is 0 Å². The molecule has 0 aliphatic rings. The summed E-state index contributed by atoms with van der Waals surface area (Å²) in [5.74, 6) is -0.161. The van der Waals surface area contributed by atoms with Gasteiger partial charge in [0, 0.05) is 24.9 Å². The monoisotopic (exact) mass is 244 g/mol. The van der Waals surface area contributed by atoms with E-state index < -0.39 is 0 Å². The van der Waals surface area contributed by atoms with Gasteiger partial charge in [0.2, 0.25) is 0 Å². The maximum absolute atomic E-state index is 13.8. The fraction of sp³-hybridized carbons (Fsp3) is 0.267. The van der Waals surface area contributed by atoms with Gasteiger partial charge in [-0.25, -0.2) is 4.39 Å². The summed E-state index contributed by atoms with van der Waals surface area (Å²) in [6.45, 7) is 2.06. The molecule has 2 nitrogen and oxygen atoms in total. The van der Waals surface area contributed by atoms with Crippen molar-refractivity contribution in [2.45, 2.75) is 19.4 Å². The minimum absolute atomic E-state index is 0.161. The number of rotatable bonds is 4. The average Bonchev–Trinajstić information content (AvgIpc) is 2.41. The van der Waals surface area contributed by atoms with E-state index in [-0.39, 0.29) is 11.9 Å². The first-order chi connectivity index (χ1) is 8.70. The molecule has 0 saturated heterocycles. The molecule has 0 fully saturated rings. The van der Waals surface area contributed by atoms with Gasteiger partial charge in [-0.2, -0.15) is 0 Å². The van der Waals surface area contributed by atoms with E-state index in [1.807, 2.05) is 31.3 Å². The molecule has 1 heterocycles. The lowest BCUT2D eigenvalue weighted by Crippen LogP contribution is -2.12. The number of hydrogen-bond acceptors (Lipinski definition) is 2. The van der Waals surface area contributed by atoms with Crippen molar-refractivity contribution in [1.82, 2.24) is 10.3 Å². The summed E-state index contributed by atoms with van der Waals surface area (Å²) in [5, 5.41) is 3.16. The summed E-state index contributed by atoms with van der Waals surface area (Å²) in [4.78, 5) is 4.05. The van der Waals surface area contributed by atoms with Gasteiger partial charge in [0.1, 0.15) is 5.82 Å². The summed E-state index contributed by atoms with van der Waals surface area (Å²) in [5.41, 5.74) is 2.83. The van der Waals surface area contributed by atoms with Crippen LogP contribution in [0.1, 0.15) is 29.7 Å². The van der Waals surface area contributed by atoms with Crippen LogP contribution in [-0.2, 0) is 6.42 Å². The Bertz CT molecular complexity index is 511. The Morgan fingerprint density at radius 3 is 2.83 bits per heavy atom. The van der Waals surface area contributed by atoms with Crippen molar-refractivity contribution in [2.75, 3.05) is 7.05 Å². The van der Waals surface area contributed by atoms with Crippen LogP contribution in [-0.4, -0.2) is 12.0 Å². The highest BCUT2D eigenvalue weighted by molar-refractivity contribution is 5.31. The Hall–Kier alpha value is -1.74. The molecular formula is C15H17FN2. The van der Waals surface area contributed by atoms with Crippen molar-refractivity contribution in [3.8, 4) is 0 Å². The van der Waals surface area contributed by atoms with Crippen LogP contribution in [0.2, 0.25) is 0 Å². The van der Waals surface area contributed by atoms with Crippen LogP contribution in [0, 0.1) is 5.82 Å². The fourth-order valence-electron chi connectivity index (χ4n) is 1.89. The molecule has 94 valence electrons. The number of aromatic nitrogens is 1. The Kier molecular flexibility index (Phi) is 4.05. The normalized spacial score (nSPS) is 12.4. The molecule has 18 heavy (non-hydrogen) atoms. The van der Waals surface area contributed by atoms with Crippen LogP contribution in [0.3, 0.4) is 0 Å². The van der Waals surface area contributed by atoms with E-state index in [0.717, 1.165) is 11.1 Å². The summed E-state index contributed by atoms with van der Waals surface area (Å²) in [6, 6.07) is 9.33. The van der Waals surface area contributed by atoms with E-state index in [4.69, 9.17) is 0 Å². The topological polar surface area (TPSA) is 24.9 Å². The number of hydrogen-bond donors (Lipinski definition) is 1. The first-order valence-corrected chi connectivity index (χ1v) is 6.05. The Balaban J connectivity index is 2.27. The lowest BCUT2D eigenvalue weighted by atomic mass is 10.0. The lowest BCUT2D eigenvalue weighted by molar-refractivity contribution is 0.605. The number of halogens is 1. The van der Waals surface area contributed by atoms with E-state index >= 15 is 0 Å². The number of nitrogens with zero attached hydrogens (tertiary/aromatic N) is 1. The standard InChI is InChI=1S/C15H17FN2/c1-11(17-2)13-5-6-15(16)14(9-13)8-12-4-3-7-18-10-12/h3-7,9-11,17H,8H2,1-2H3. The average molecular weight is 244 g/mol. The van der Waals surface area contributed by atoms with Crippen molar-refractivity contribution in [3.05, 3.63) is 65.2 Å². The number of pyridine rings is 1. The summed E-state index contributed by atoms with van der Waals surface area (Å²) in [7, 11) is 1.90. The third-order valence-corrected chi connectivity index (χ3v) is 3.12. The molecule has 1 unspecified atom stereocenters. The summed E-state index contributed by atoms with van der Waals surface area (Å²) < 4.78 is 13.8. The molecule has 0 spiro atoms. The van der Waals surface area contributed by atoms with Crippen molar-refractivity contribution >= 4 is 0 Å². The zero-order chi connectivity index (χ0) is 13.0. The highest BCUT2D eigenvalue weighted by atomic mass is 19.1. The fourth-order valence-corrected chi connectivity index (χ4v) is 1.89. The zero-order valence-electron chi connectivity index (χ0n) is 10.7. The van der Waals surface area contributed by atoms with Gasteiger partial charge in [-0.3, -0.25) is 4.98 Å². The Morgan fingerprint density at radius 1 is 1.33 bits per heavy atom.